The Morgan fingerprint density at radius 3 is 2.38 bits per heavy atom. The van der Waals surface area contributed by atoms with Crippen molar-refractivity contribution in [1.29, 1.82) is 0 Å². The highest BCUT2D eigenvalue weighted by Crippen LogP contribution is 2.28. The van der Waals surface area contributed by atoms with E-state index in [1.807, 2.05) is 32.0 Å². The first-order chi connectivity index (χ1) is 10.0. The van der Waals surface area contributed by atoms with Crippen LogP contribution in [0.1, 0.15) is 29.7 Å². The molecule has 1 nitrogen and oxygen atoms in total. The number of likely N-dealkylation sites (N-methyl/N-ethyl adjacent to an activating group) is 1. The maximum atomic E-state index is 13.9. The Balaban J connectivity index is 2.35. The molecule has 0 bridgehead atoms. The number of benzene rings is 2. The molecule has 112 valence electrons. The van der Waals surface area contributed by atoms with E-state index in [-0.39, 0.29) is 18.0 Å². The van der Waals surface area contributed by atoms with Crippen LogP contribution in [-0.4, -0.2) is 6.54 Å². The fraction of sp³-hybridized carbons (Fsp3) is 0.294. The Kier molecular flexibility index (Phi) is 5.48. The van der Waals surface area contributed by atoms with E-state index in [1.165, 1.54) is 18.2 Å². The summed E-state index contributed by atoms with van der Waals surface area (Å²) >= 11 is 3.54. The van der Waals surface area contributed by atoms with Crippen molar-refractivity contribution >= 4 is 15.9 Å². The summed E-state index contributed by atoms with van der Waals surface area (Å²) in [6.45, 7) is 4.71. The maximum Gasteiger partial charge on any atom is 0.129 e. The van der Waals surface area contributed by atoms with E-state index < -0.39 is 11.6 Å². The van der Waals surface area contributed by atoms with Gasteiger partial charge in [0, 0.05) is 16.1 Å². The summed E-state index contributed by atoms with van der Waals surface area (Å²) in [5.74, 6) is -0.998. The van der Waals surface area contributed by atoms with Crippen LogP contribution in [0.4, 0.5) is 8.78 Å². The second-order valence-electron chi connectivity index (χ2n) is 5.04. The number of halogens is 3. The Morgan fingerprint density at radius 2 is 1.81 bits per heavy atom. The van der Waals surface area contributed by atoms with Gasteiger partial charge >= 0.3 is 0 Å². The molecule has 0 amide bonds. The van der Waals surface area contributed by atoms with Gasteiger partial charge in [0.05, 0.1) is 0 Å². The Hall–Kier alpha value is -1.26. The van der Waals surface area contributed by atoms with Crippen LogP contribution < -0.4 is 5.32 Å². The molecule has 1 atom stereocenters. The molecule has 0 aliphatic rings. The summed E-state index contributed by atoms with van der Waals surface area (Å²) in [4.78, 5) is 0. The molecule has 1 N–H and O–H groups in total. The fourth-order valence-corrected chi connectivity index (χ4v) is 3.15. The van der Waals surface area contributed by atoms with E-state index in [1.54, 1.807) is 0 Å². The second kappa shape index (κ2) is 7.14. The lowest BCUT2D eigenvalue weighted by Crippen LogP contribution is -2.24. The van der Waals surface area contributed by atoms with Crippen molar-refractivity contribution in [3.05, 3.63) is 69.2 Å². The van der Waals surface area contributed by atoms with Crippen LogP contribution in [-0.2, 0) is 6.42 Å². The third-order valence-corrected chi connectivity index (χ3v) is 4.14. The van der Waals surface area contributed by atoms with Gasteiger partial charge in [-0.1, -0.05) is 41.1 Å². The van der Waals surface area contributed by atoms with Gasteiger partial charge in [0.1, 0.15) is 11.6 Å². The van der Waals surface area contributed by atoms with Crippen LogP contribution in [0.2, 0.25) is 0 Å². The second-order valence-corrected chi connectivity index (χ2v) is 5.89. The van der Waals surface area contributed by atoms with Crippen molar-refractivity contribution in [1.82, 2.24) is 5.32 Å². The number of hydrogen-bond donors (Lipinski definition) is 1. The van der Waals surface area contributed by atoms with E-state index in [0.717, 1.165) is 22.1 Å². The third kappa shape index (κ3) is 3.89. The van der Waals surface area contributed by atoms with Gasteiger partial charge in [0.2, 0.25) is 0 Å². The lowest BCUT2D eigenvalue weighted by Gasteiger charge is -2.21. The highest BCUT2D eigenvalue weighted by Gasteiger charge is 2.18. The van der Waals surface area contributed by atoms with Crippen LogP contribution in [0, 0.1) is 18.6 Å². The molecule has 0 aliphatic heterocycles. The van der Waals surface area contributed by atoms with Gasteiger partial charge in [0.25, 0.3) is 0 Å². The van der Waals surface area contributed by atoms with Crippen molar-refractivity contribution in [3.8, 4) is 0 Å². The Morgan fingerprint density at radius 1 is 1.14 bits per heavy atom. The van der Waals surface area contributed by atoms with Crippen LogP contribution in [0.3, 0.4) is 0 Å². The fourth-order valence-electron chi connectivity index (χ4n) is 2.38. The Labute approximate surface area is 132 Å². The molecule has 0 saturated carbocycles. The standard InChI is InChI=1S/C17H18BrF2N/c1-3-21-17(12-8-7-11(2)9-14(12)18)10-13-15(19)5-4-6-16(13)20/h4-9,17,21H,3,10H2,1-2H3. The van der Waals surface area contributed by atoms with Crippen molar-refractivity contribution < 1.29 is 8.78 Å². The first-order valence-electron chi connectivity index (χ1n) is 6.95. The quantitative estimate of drug-likeness (QED) is 0.803. The molecule has 0 aromatic heterocycles. The number of hydrogen-bond acceptors (Lipinski definition) is 1. The van der Waals surface area contributed by atoms with Crippen LogP contribution >= 0.6 is 15.9 Å². The first kappa shape index (κ1) is 16.1. The molecule has 2 rings (SSSR count). The summed E-state index contributed by atoms with van der Waals surface area (Å²) in [6, 6.07) is 9.84. The van der Waals surface area contributed by atoms with Crippen molar-refractivity contribution in [2.45, 2.75) is 26.3 Å². The lowest BCUT2D eigenvalue weighted by molar-refractivity contribution is 0.498. The molecule has 0 heterocycles. The molecule has 0 aliphatic carbocycles. The zero-order valence-electron chi connectivity index (χ0n) is 12.1. The SMILES string of the molecule is CCNC(Cc1c(F)cccc1F)c1ccc(C)cc1Br. The minimum Gasteiger partial charge on any atom is -0.310 e. The van der Waals surface area contributed by atoms with Gasteiger partial charge in [-0.05, 0) is 49.2 Å². The topological polar surface area (TPSA) is 12.0 Å². The van der Waals surface area contributed by atoms with E-state index >= 15 is 0 Å². The van der Waals surface area contributed by atoms with E-state index in [2.05, 4.69) is 21.2 Å². The summed E-state index contributed by atoms with van der Waals surface area (Å²) in [5, 5.41) is 3.30. The average molecular weight is 354 g/mol. The zero-order chi connectivity index (χ0) is 15.4. The predicted octanol–water partition coefficient (Wildman–Crippen LogP) is 4.93. The number of aryl methyl sites for hydroxylation is 1. The van der Waals surface area contributed by atoms with Crippen molar-refractivity contribution in [2.75, 3.05) is 6.54 Å². The molecule has 2 aromatic rings. The predicted molar refractivity (Wildman–Crippen MR) is 85.4 cm³/mol. The maximum absolute atomic E-state index is 13.9. The van der Waals surface area contributed by atoms with E-state index in [4.69, 9.17) is 0 Å². The molecule has 1 unspecified atom stereocenters. The van der Waals surface area contributed by atoms with Crippen LogP contribution in [0.25, 0.3) is 0 Å². The average Bonchev–Trinajstić information content (AvgIpc) is 2.42. The molecule has 0 saturated heterocycles. The minimum absolute atomic E-state index is 0.121. The van der Waals surface area contributed by atoms with Gasteiger partial charge in [-0.2, -0.15) is 0 Å². The summed E-state index contributed by atoms with van der Waals surface area (Å²) in [5.41, 5.74) is 2.26. The third-order valence-electron chi connectivity index (χ3n) is 3.45. The zero-order valence-corrected chi connectivity index (χ0v) is 13.7. The molecule has 4 heteroatoms. The number of rotatable bonds is 5. The molecule has 21 heavy (non-hydrogen) atoms. The van der Waals surface area contributed by atoms with Crippen LogP contribution in [0.15, 0.2) is 40.9 Å². The molecule has 0 spiro atoms. The summed E-state index contributed by atoms with van der Waals surface area (Å²) in [6.07, 6.45) is 0.272. The lowest BCUT2D eigenvalue weighted by atomic mass is 9.97. The van der Waals surface area contributed by atoms with Crippen molar-refractivity contribution in [3.63, 3.8) is 0 Å². The van der Waals surface area contributed by atoms with E-state index in [0.29, 0.717) is 0 Å². The highest BCUT2D eigenvalue weighted by atomic mass is 79.9. The van der Waals surface area contributed by atoms with Crippen LogP contribution in [0.5, 0.6) is 0 Å². The normalized spacial score (nSPS) is 12.4. The van der Waals surface area contributed by atoms with Gasteiger partial charge in [-0.3, -0.25) is 0 Å². The summed E-state index contributed by atoms with van der Waals surface area (Å²) in [7, 11) is 0. The summed E-state index contributed by atoms with van der Waals surface area (Å²) < 4.78 is 28.7. The molecular formula is C17H18BrF2N. The van der Waals surface area contributed by atoms with Crippen molar-refractivity contribution in [2.24, 2.45) is 0 Å². The monoisotopic (exact) mass is 353 g/mol. The van der Waals surface area contributed by atoms with Gasteiger partial charge in [-0.15, -0.1) is 0 Å². The van der Waals surface area contributed by atoms with Gasteiger partial charge < -0.3 is 5.32 Å². The number of nitrogens with one attached hydrogen (secondary N) is 1. The first-order valence-corrected chi connectivity index (χ1v) is 7.74. The molecule has 0 fully saturated rings. The molecule has 0 radical (unpaired) electrons. The van der Waals surface area contributed by atoms with E-state index in [9.17, 15) is 8.78 Å². The van der Waals surface area contributed by atoms with Gasteiger partial charge in [0.15, 0.2) is 0 Å². The molecular weight excluding hydrogens is 336 g/mol. The Bertz CT molecular complexity index is 608. The smallest absolute Gasteiger partial charge is 0.129 e. The van der Waals surface area contributed by atoms with Gasteiger partial charge in [-0.25, -0.2) is 8.78 Å². The minimum atomic E-state index is -0.499. The highest BCUT2D eigenvalue weighted by molar-refractivity contribution is 9.10. The largest absolute Gasteiger partial charge is 0.310 e. The molecule has 2 aromatic carbocycles.